The molecule has 2 atom stereocenters. The van der Waals surface area contributed by atoms with Gasteiger partial charge in [0.2, 0.25) is 0 Å². The van der Waals surface area contributed by atoms with Crippen LogP contribution in [0.5, 0.6) is 0 Å². The normalized spacial score (nSPS) is 37.9. The monoisotopic (exact) mass is 320 g/mol. The highest BCUT2D eigenvalue weighted by molar-refractivity contribution is 9.13. The van der Waals surface area contributed by atoms with Crippen molar-refractivity contribution in [1.29, 1.82) is 0 Å². The minimum Gasteiger partial charge on any atom is -0.0792 e. The highest BCUT2D eigenvalue weighted by atomic mass is 79.9. The molecule has 0 saturated heterocycles. The van der Waals surface area contributed by atoms with Gasteiger partial charge in [0.1, 0.15) is 0 Å². The third-order valence-corrected chi connectivity index (χ3v) is 6.19. The molecule has 1 rings (SSSR count). The van der Waals surface area contributed by atoms with Gasteiger partial charge < -0.3 is 0 Å². The summed E-state index contributed by atoms with van der Waals surface area (Å²) in [4.78, 5) is 0. The van der Waals surface area contributed by atoms with Gasteiger partial charge in [0.25, 0.3) is 0 Å². The summed E-state index contributed by atoms with van der Waals surface area (Å²) >= 11 is 7.66. The van der Waals surface area contributed by atoms with Crippen LogP contribution in [0.3, 0.4) is 0 Å². The van der Waals surface area contributed by atoms with Crippen molar-refractivity contribution in [2.75, 3.05) is 0 Å². The van der Waals surface area contributed by atoms with Crippen LogP contribution in [-0.2, 0) is 0 Å². The summed E-state index contributed by atoms with van der Waals surface area (Å²) in [6.07, 6.45) is 6.89. The van der Waals surface area contributed by atoms with Crippen LogP contribution in [0.25, 0.3) is 0 Å². The lowest BCUT2D eigenvalue weighted by atomic mass is 9.81. The summed E-state index contributed by atoms with van der Waals surface area (Å²) in [5.41, 5.74) is 2.86. The molecule has 0 bridgehead atoms. The Morgan fingerprint density at radius 3 is 2.21 bits per heavy atom. The summed E-state index contributed by atoms with van der Waals surface area (Å²) in [6, 6.07) is 0. The molecule has 14 heavy (non-hydrogen) atoms. The van der Waals surface area contributed by atoms with Crippen LogP contribution >= 0.6 is 31.9 Å². The predicted molar refractivity (Wildman–Crippen MR) is 71.4 cm³/mol. The third-order valence-electron chi connectivity index (χ3n) is 3.11. The van der Waals surface area contributed by atoms with Gasteiger partial charge in [-0.05, 0) is 32.3 Å². The van der Waals surface area contributed by atoms with Gasteiger partial charge in [-0.2, -0.15) is 0 Å². The molecule has 1 aliphatic rings. The number of rotatable bonds is 2. The zero-order valence-corrected chi connectivity index (χ0v) is 12.5. The molecule has 0 amide bonds. The lowest BCUT2D eigenvalue weighted by Crippen LogP contribution is -2.41. The van der Waals surface area contributed by atoms with E-state index in [-0.39, 0.29) is 8.65 Å². The maximum absolute atomic E-state index is 3.85. The average Bonchev–Trinajstić information content (AvgIpc) is 2.11. The molecule has 1 aliphatic carbocycles. The lowest BCUT2D eigenvalue weighted by molar-refractivity contribution is 0.592. The second-order valence-corrected chi connectivity index (χ2v) is 7.20. The van der Waals surface area contributed by atoms with Crippen LogP contribution in [-0.4, -0.2) is 8.65 Å². The van der Waals surface area contributed by atoms with E-state index in [1.807, 2.05) is 0 Å². The molecule has 80 valence electrons. The van der Waals surface area contributed by atoms with Crippen molar-refractivity contribution in [1.82, 2.24) is 0 Å². The van der Waals surface area contributed by atoms with Crippen LogP contribution in [0, 0.1) is 0 Å². The minimum atomic E-state index is 0.0274. The maximum atomic E-state index is 3.85. The summed E-state index contributed by atoms with van der Waals surface area (Å²) < 4.78 is 0.0857. The molecule has 0 saturated carbocycles. The highest BCUT2D eigenvalue weighted by Crippen LogP contribution is 2.48. The molecule has 0 spiro atoms. The zero-order chi connectivity index (χ0) is 11.0. The number of hydrogen-bond acceptors (Lipinski definition) is 0. The van der Waals surface area contributed by atoms with Gasteiger partial charge in [-0.15, -0.1) is 0 Å². The first-order valence-corrected chi connectivity index (χ1v) is 6.74. The first kappa shape index (κ1) is 12.5. The Balaban J connectivity index is 3.15. The Bertz CT molecular complexity index is 287. The Morgan fingerprint density at radius 2 is 1.79 bits per heavy atom. The quantitative estimate of drug-likeness (QED) is 0.629. The molecule has 0 N–H and O–H groups in total. The maximum Gasteiger partial charge on any atom is 0.0625 e. The van der Waals surface area contributed by atoms with Crippen molar-refractivity contribution in [3.8, 4) is 0 Å². The van der Waals surface area contributed by atoms with Gasteiger partial charge in [-0.25, -0.2) is 0 Å². The van der Waals surface area contributed by atoms with Crippen LogP contribution < -0.4 is 0 Å². The fourth-order valence-corrected chi connectivity index (χ4v) is 3.10. The number of alkyl halides is 2. The van der Waals surface area contributed by atoms with E-state index in [1.54, 1.807) is 0 Å². The molecule has 0 fully saturated rings. The summed E-state index contributed by atoms with van der Waals surface area (Å²) in [6.45, 7) is 8.84. The predicted octanol–water partition coefficient (Wildman–Crippen LogP) is 4.98. The largest absolute Gasteiger partial charge is 0.0792 e. The van der Waals surface area contributed by atoms with Crippen molar-refractivity contribution in [3.63, 3.8) is 0 Å². The van der Waals surface area contributed by atoms with E-state index >= 15 is 0 Å². The Labute approximate surface area is 104 Å². The molecule has 0 nitrogen and oxygen atoms in total. The van der Waals surface area contributed by atoms with Crippen molar-refractivity contribution in [2.45, 2.75) is 49.2 Å². The molecule has 0 aromatic rings. The van der Waals surface area contributed by atoms with E-state index in [1.165, 1.54) is 11.1 Å². The number of allylic oxidation sites excluding steroid dienone is 4. The number of hydrogen-bond donors (Lipinski definition) is 0. The van der Waals surface area contributed by atoms with Crippen LogP contribution in [0.2, 0.25) is 0 Å². The molecule has 0 aromatic carbocycles. The summed E-state index contributed by atoms with van der Waals surface area (Å²) in [7, 11) is 0. The third kappa shape index (κ3) is 2.01. The fraction of sp³-hybridized carbons (Fsp3) is 0.667. The summed E-state index contributed by atoms with van der Waals surface area (Å²) in [5.74, 6) is 0. The van der Waals surface area contributed by atoms with Crippen LogP contribution in [0.15, 0.2) is 23.3 Å². The molecule has 0 aliphatic heterocycles. The van der Waals surface area contributed by atoms with Gasteiger partial charge >= 0.3 is 0 Å². The van der Waals surface area contributed by atoms with E-state index in [9.17, 15) is 0 Å². The van der Waals surface area contributed by atoms with E-state index in [2.05, 4.69) is 71.7 Å². The van der Waals surface area contributed by atoms with Gasteiger partial charge in [-0.3, -0.25) is 0 Å². The molecule has 0 radical (unpaired) electrons. The van der Waals surface area contributed by atoms with Gasteiger partial charge in [0.05, 0.1) is 8.65 Å². The van der Waals surface area contributed by atoms with Crippen LogP contribution in [0.1, 0.15) is 40.5 Å². The van der Waals surface area contributed by atoms with Gasteiger partial charge in [0, 0.05) is 0 Å². The lowest BCUT2D eigenvalue weighted by Gasteiger charge is -2.40. The Hall–Kier alpha value is 0.440. The van der Waals surface area contributed by atoms with Gasteiger partial charge in [0.15, 0.2) is 0 Å². The average molecular weight is 322 g/mol. The van der Waals surface area contributed by atoms with Crippen molar-refractivity contribution in [2.24, 2.45) is 0 Å². The van der Waals surface area contributed by atoms with Crippen molar-refractivity contribution < 1.29 is 0 Å². The molecule has 2 unspecified atom stereocenters. The van der Waals surface area contributed by atoms with E-state index in [4.69, 9.17) is 0 Å². The van der Waals surface area contributed by atoms with E-state index in [0.29, 0.717) is 0 Å². The highest BCUT2D eigenvalue weighted by Gasteiger charge is 2.42. The van der Waals surface area contributed by atoms with E-state index in [0.717, 1.165) is 12.8 Å². The van der Waals surface area contributed by atoms with Crippen molar-refractivity contribution in [3.05, 3.63) is 23.3 Å². The zero-order valence-electron chi connectivity index (χ0n) is 9.32. The second kappa shape index (κ2) is 4.13. The molecule has 0 heterocycles. The Kier molecular flexibility index (Phi) is 3.69. The Morgan fingerprint density at radius 1 is 1.21 bits per heavy atom. The first-order valence-electron chi connectivity index (χ1n) is 5.15. The molecule has 2 heteroatoms. The van der Waals surface area contributed by atoms with E-state index < -0.39 is 0 Å². The first-order chi connectivity index (χ1) is 6.36. The van der Waals surface area contributed by atoms with Gasteiger partial charge in [-0.1, -0.05) is 63.4 Å². The molecular weight excluding hydrogens is 304 g/mol. The summed E-state index contributed by atoms with van der Waals surface area (Å²) in [5, 5.41) is 0. The molecular formula is C12H18Br2. The number of halogens is 2. The smallest absolute Gasteiger partial charge is 0.0625 e. The fourth-order valence-electron chi connectivity index (χ4n) is 1.97. The standard InChI is InChI=1S/C12H18Br2/c1-5-10-8-11(4,13)12(14,6-2)7-9(10)3/h7-8H,5-6H2,1-4H3. The molecule has 0 aromatic heterocycles. The SMILES string of the molecule is CCC1=CC(C)(Br)C(Br)(CC)C=C1C. The van der Waals surface area contributed by atoms with Crippen LogP contribution in [0.4, 0.5) is 0 Å². The second-order valence-electron chi connectivity index (χ2n) is 4.14. The minimum absolute atomic E-state index is 0.0274. The van der Waals surface area contributed by atoms with Crippen molar-refractivity contribution >= 4 is 31.9 Å². The topological polar surface area (TPSA) is 0 Å².